The minimum atomic E-state index is -4.60. The highest BCUT2D eigenvalue weighted by Gasteiger charge is 2.33. The van der Waals surface area contributed by atoms with E-state index in [4.69, 9.17) is 4.42 Å². The van der Waals surface area contributed by atoms with E-state index in [2.05, 4.69) is 15.5 Å². The Morgan fingerprint density at radius 1 is 1.17 bits per heavy atom. The second-order valence-electron chi connectivity index (χ2n) is 7.25. The van der Waals surface area contributed by atoms with E-state index >= 15 is 0 Å². The number of carbonyl (C=O) groups excluding carboxylic acids is 2. The quantitative estimate of drug-likeness (QED) is 0.705. The molecule has 0 aliphatic carbocycles. The van der Waals surface area contributed by atoms with Crippen LogP contribution in [0.4, 0.5) is 18.9 Å². The lowest BCUT2D eigenvalue weighted by molar-refractivity contribution is -0.137. The first-order valence-corrected chi connectivity index (χ1v) is 9.53. The number of amides is 2. The predicted molar refractivity (Wildman–Crippen MR) is 101 cm³/mol. The molecule has 11 heteroatoms. The summed E-state index contributed by atoms with van der Waals surface area (Å²) in [5.74, 6) is -0.780. The second-order valence-corrected chi connectivity index (χ2v) is 8.18. The van der Waals surface area contributed by atoms with Gasteiger partial charge >= 0.3 is 6.18 Å². The number of rotatable bonds is 6. The normalized spacial score (nSPS) is 12.0. The SMILES string of the molecule is CN(CC(=O)Nc1ccccc1C(F)(F)F)C(=O)CSc1nnc(C(C)(C)C)o1. The van der Waals surface area contributed by atoms with Crippen LogP contribution in [0.25, 0.3) is 0 Å². The molecule has 0 atom stereocenters. The third kappa shape index (κ3) is 6.48. The molecular weight excluding hydrogens is 409 g/mol. The number of halogens is 3. The van der Waals surface area contributed by atoms with Gasteiger partial charge in [0.15, 0.2) is 0 Å². The largest absolute Gasteiger partial charge is 0.418 e. The van der Waals surface area contributed by atoms with Gasteiger partial charge in [-0.2, -0.15) is 13.2 Å². The molecule has 0 bridgehead atoms. The van der Waals surface area contributed by atoms with Crippen molar-refractivity contribution in [2.24, 2.45) is 0 Å². The molecule has 0 aliphatic heterocycles. The Hall–Kier alpha value is -2.56. The maximum atomic E-state index is 13.0. The number of alkyl halides is 3. The number of thioether (sulfide) groups is 1. The molecule has 0 unspecified atom stereocenters. The topological polar surface area (TPSA) is 88.3 Å². The van der Waals surface area contributed by atoms with Crippen LogP contribution in [0.15, 0.2) is 33.9 Å². The van der Waals surface area contributed by atoms with Crippen LogP contribution in [0.3, 0.4) is 0 Å². The predicted octanol–water partition coefficient (Wildman–Crippen LogP) is 3.58. The van der Waals surface area contributed by atoms with Crippen LogP contribution in [0, 0.1) is 0 Å². The first-order valence-electron chi connectivity index (χ1n) is 8.54. The maximum Gasteiger partial charge on any atom is 0.418 e. The van der Waals surface area contributed by atoms with Gasteiger partial charge in [0, 0.05) is 12.5 Å². The molecule has 1 heterocycles. The summed E-state index contributed by atoms with van der Waals surface area (Å²) in [5.41, 5.74) is -1.64. The van der Waals surface area contributed by atoms with E-state index in [1.807, 2.05) is 20.8 Å². The van der Waals surface area contributed by atoms with Gasteiger partial charge in [0.25, 0.3) is 5.22 Å². The third-order valence-electron chi connectivity index (χ3n) is 3.68. The lowest BCUT2D eigenvalue weighted by Gasteiger charge is -2.18. The molecule has 2 rings (SSSR count). The van der Waals surface area contributed by atoms with Gasteiger partial charge in [0.2, 0.25) is 17.7 Å². The fourth-order valence-electron chi connectivity index (χ4n) is 2.14. The number of nitrogens with one attached hydrogen (secondary N) is 1. The van der Waals surface area contributed by atoms with Crippen LogP contribution in [-0.4, -0.2) is 46.3 Å². The molecule has 1 aromatic heterocycles. The van der Waals surface area contributed by atoms with Crippen LogP contribution in [0.2, 0.25) is 0 Å². The highest BCUT2D eigenvalue weighted by Crippen LogP contribution is 2.34. The number of hydrogen-bond donors (Lipinski definition) is 1. The molecule has 1 aromatic carbocycles. The van der Waals surface area contributed by atoms with Crippen molar-refractivity contribution in [1.82, 2.24) is 15.1 Å². The summed E-state index contributed by atoms with van der Waals surface area (Å²) in [7, 11) is 1.38. The summed E-state index contributed by atoms with van der Waals surface area (Å²) in [6.45, 7) is 5.32. The fourth-order valence-corrected chi connectivity index (χ4v) is 2.84. The maximum absolute atomic E-state index is 13.0. The van der Waals surface area contributed by atoms with Crippen LogP contribution >= 0.6 is 11.8 Å². The summed E-state index contributed by atoms with van der Waals surface area (Å²) in [5, 5.41) is 10.2. The van der Waals surface area contributed by atoms with Crippen molar-refractivity contribution in [1.29, 1.82) is 0 Å². The van der Waals surface area contributed by atoms with Crippen molar-refractivity contribution in [2.75, 3.05) is 24.7 Å². The Bertz CT molecular complexity index is 878. The van der Waals surface area contributed by atoms with E-state index < -0.39 is 30.1 Å². The minimum absolute atomic E-state index is 0.0608. The lowest BCUT2D eigenvalue weighted by atomic mass is 9.97. The highest BCUT2D eigenvalue weighted by atomic mass is 32.2. The van der Waals surface area contributed by atoms with Crippen molar-refractivity contribution >= 4 is 29.3 Å². The average molecular weight is 430 g/mol. The zero-order valence-electron chi connectivity index (χ0n) is 16.3. The van der Waals surface area contributed by atoms with Gasteiger partial charge < -0.3 is 14.6 Å². The van der Waals surface area contributed by atoms with Gasteiger partial charge in [-0.1, -0.05) is 44.7 Å². The van der Waals surface area contributed by atoms with E-state index in [0.717, 1.165) is 28.8 Å². The first-order chi connectivity index (χ1) is 13.4. The van der Waals surface area contributed by atoms with Gasteiger partial charge in [-0.15, -0.1) is 10.2 Å². The van der Waals surface area contributed by atoms with Gasteiger partial charge in [-0.25, -0.2) is 0 Å². The molecule has 0 aliphatic rings. The van der Waals surface area contributed by atoms with Gasteiger partial charge in [-0.05, 0) is 12.1 Å². The van der Waals surface area contributed by atoms with Crippen LogP contribution in [0.1, 0.15) is 32.2 Å². The van der Waals surface area contributed by atoms with E-state index in [1.165, 1.54) is 19.2 Å². The average Bonchev–Trinajstić information content (AvgIpc) is 3.08. The Balaban J connectivity index is 1.90. The molecule has 0 saturated carbocycles. The first kappa shape index (κ1) is 22.7. The zero-order valence-corrected chi connectivity index (χ0v) is 17.1. The Kier molecular flexibility index (Phi) is 6.93. The summed E-state index contributed by atoms with van der Waals surface area (Å²) < 4.78 is 44.4. The molecule has 0 spiro atoms. The summed E-state index contributed by atoms with van der Waals surface area (Å²) in [6, 6.07) is 4.64. The lowest BCUT2D eigenvalue weighted by Crippen LogP contribution is -2.36. The zero-order chi connectivity index (χ0) is 21.8. The van der Waals surface area contributed by atoms with E-state index in [9.17, 15) is 22.8 Å². The number of likely N-dealkylation sites (N-methyl/N-ethyl adjacent to an activating group) is 1. The second kappa shape index (κ2) is 8.85. The van der Waals surface area contributed by atoms with E-state index in [0.29, 0.717) is 5.89 Å². The number of benzene rings is 1. The van der Waals surface area contributed by atoms with Crippen molar-refractivity contribution in [3.05, 3.63) is 35.7 Å². The number of anilines is 1. The Morgan fingerprint density at radius 2 is 1.83 bits per heavy atom. The number of para-hydroxylation sites is 1. The molecule has 2 aromatic rings. The number of hydrogen-bond acceptors (Lipinski definition) is 6. The molecule has 0 radical (unpaired) electrons. The van der Waals surface area contributed by atoms with Crippen molar-refractivity contribution in [2.45, 2.75) is 37.6 Å². The number of carbonyl (C=O) groups is 2. The van der Waals surface area contributed by atoms with Crippen LogP contribution < -0.4 is 5.32 Å². The monoisotopic (exact) mass is 430 g/mol. The molecule has 29 heavy (non-hydrogen) atoms. The molecule has 158 valence electrons. The summed E-state index contributed by atoms with van der Waals surface area (Å²) in [4.78, 5) is 25.4. The summed E-state index contributed by atoms with van der Waals surface area (Å²) in [6.07, 6.45) is -4.60. The van der Waals surface area contributed by atoms with E-state index in [1.54, 1.807) is 0 Å². The number of nitrogens with zero attached hydrogens (tertiary/aromatic N) is 3. The van der Waals surface area contributed by atoms with Crippen LogP contribution in [-0.2, 0) is 21.2 Å². The molecule has 0 fully saturated rings. The molecule has 7 nitrogen and oxygen atoms in total. The standard InChI is InChI=1S/C18H21F3N4O3S/c1-17(2,3)15-23-24-16(28-15)29-10-14(27)25(4)9-13(26)22-12-8-6-5-7-11(12)18(19,20)21/h5-8H,9-10H2,1-4H3,(H,22,26). The molecular formula is C18H21F3N4O3S. The van der Waals surface area contributed by atoms with Crippen LogP contribution in [0.5, 0.6) is 0 Å². The fraction of sp³-hybridized carbons (Fsp3) is 0.444. The third-order valence-corrected chi connectivity index (χ3v) is 4.48. The molecule has 2 amide bonds. The molecule has 0 saturated heterocycles. The van der Waals surface area contributed by atoms with Crippen molar-refractivity contribution in [3.8, 4) is 0 Å². The molecule has 1 N–H and O–H groups in total. The summed E-state index contributed by atoms with van der Waals surface area (Å²) >= 11 is 1.02. The highest BCUT2D eigenvalue weighted by molar-refractivity contribution is 7.99. The Morgan fingerprint density at radius 3 is 2.41 bits per heavy atom. The smallest absolute Gasteiger partial charge is 0.415 e. The van der Waals surface area contributed by atoms with Gasteiger partial charge in [0.1, 0.15) is 0 Å². The van der Waals surface area contributed by atoms with Crippen molar-refractivity contribution < 1.29 is 27.2 Å². The van der Waals surface area contributed by atoms with Gasteiger partial charge in [-0.3, -0.25) is 9.59 Å². The van der Waals surface area contributed by atoms with E-state index in [-0.39, 0.29) is 22.1 Å². The minimum Gasteiger partial charge on any atom is -0.415 e. The Labute approximate surface area is 170 Å². The van der Waals surface area contributed by atoms with Gasteiger partial charge in [0.05, 0.1) is 23.5 Å². The number of aromatic nitrogens is 2. The van der Waals surface area contributed by atoms with Crippen molar-refractivity contribution in [3.63, 3.8) is 0 Å².